The lowest BCUT2D eigenvalue weighted by Gasteiger charge is -1.84. The molecule has 0 N–H and O–H groups in total. The second-order valence-corrected chi connectivity index (χ2v) is 2.79. The van der Waals surface area contributed by atoms with Gasteiger partial charge in [0, 0.05) is 5.88 Å². The molecule has 0 unspecified atom stereocenters. The molecular weight excluding hydrogens is 151 g/mol. The van der Waals surface area contributed by atoms with Gasteiger partial charge in [0.1, 0.15) is 0 Å². The second kappa shape index (κ2) is 12.0. The molecule has 0 amide bonds. The van der Waals surface area contributed by atoms with E-state index in [1.807, 2.05) is 0 Å². The van der Waals surface area contributed by atoms with E-state index in [2.05, 4.69) is 6.92 Å². The van der Waals surface area contributed by atoms with Crippen LogP contribution in [0.5, 0.6) is 0 Å². The number of unbranched alkanes of at least 4 members (excludes halogenated alkanes) is 2. The Hall–Kier alpha value is 0.220. The molecule has 0 rings (SSSR count). The third kappa shape index (κ3) is 41.3. The maximum absolute atomic E-state index is 11.0. The molecule has 0 aromatic heterocycles. The van der Waals surface area contributed by atoms with Crippen LogP contribution in [-0.2, 0) is 0 Å². The molecule has 0 saturated carbocycles. The third-order valence-electron chi connectivity index (χ3n) is 0.737. The van der Waals surface area contributed by atoms with E-state index >= 15 is 0 Å². The van der Waals surface area contributed by atoms with Crippen molar-refractivity contribution in [3.05, 3.63) is 0 Å². The van der Waals surface area contributed by atoms with Crippen LogP contribution in [0.2, 0.25) is 0 Å². The normalized spacial score (nSPS) is 9.00. The molecular formula is C8H18ClF. The highest BCUT2D eigenvalue weighted by atomic mass is 35.5. The fraction of sp³-hybridized carbons (Fsp3) is 1.00. The van der Waals surface area contributed by atoms with Gasteiger partial charge in [-0.2, -0.15) is 0 Å². The first-order valence-corrected chi connectivity index (χ1v) is 4.38. The van der Waals surface area contributed by atoms with Gasteiger partial charge in [0.05, 0.1) is 6.17 Å². The quantitative estimate of drug-likeness (QED) is 0.445. The Morgan fingerprint density at radius 1 is 1.30 bits per heavy atom. The summed E-state index contributed by atoms with van der Waals surface area (Å²) in [6.45, 7) is 5.17. The lowest BCUT2D eigenvalue weighted by atomic mass is 10.3. The Balaban J connectivity index is 0. The van der Waals surface area contributed by atoms with E-state index in [1.165, 1.54) is 33.1 Å². The van der Waals surface area contributed by atoms with Gasteiger partial charge in [-0.1, -0.05) is 19.8 Å². The number of halogens is 2. The second-order valence-electron chi connectivity index (χ2n) is 2.41. The third-order valence-corrected chi connectivity index (χ3v) is 1.00. The number of rotatable bonds is 3. The summed E-state index contributed by atoms with van der Waals surface area (Å²) in [5, 5.41) is 0. The molecule has 0 spiro atoms. The fourth-order valence-electron chi connectivity index (χ4n) is 0.344. The predicted molar refractivity (Wildman–Crippen MR) is 46.5 cm³/mol. The van der Waals surface area contributed by atoms with Gasteiger partial charge >= 0.3 is 0 Å². The van der Waals surface area contributed by atoms with Gasteiger partial charge in [0.15, 0.2) is 0 Å². The first-order valence-electron chi connectivity index (χ1n) is 3.85. The summed E-state index contributed by atoms with van der Waals surface area (Å²) >= 11 is 5.38. The minimum atomic E-state index is -0.667. The lowest BCUT2D eigenvalue weighted by Crippen LogP contribution is -1.73. The maximum Gasteiger partial charge on any atom is 0.0945 e. The maximum atomic E-state index is 11.0. The van der Waals surface area contributed by atoms with Gasteiger partial charge in [0.2, 0.25) is 0 Å². The van der Waals surface area contributed by atoms with Crippen LogP contribution in [-0.4, -0.2) is 12.1 Å². The van der Waals surface area contributed by atoms with Crippen molar-refractivity contribution in [1.29, 1.82) is 0 Å². The number of hydrogen-bond acceptors (Lipinski definition) is 0. The van der Waals surface area contributed by atoms with E-state index in [9.17, 15) is 4.39 Å². The number of alkyl halides is 2. The summed E-state index contributed by atoms with van der Waals surface area (Å²) < 4.78 is 11.0. The summed E-state index contributed by atoms with van der Waals surface area (Å²) in [5.74, 6) is 0.827. The minimum Gasteiger partial charge on any atom is -0.248 e. The van der Waals surface area contributed by atoms with E-state index in [-0.39, 0.29) is 0 Å². The monoisotopic (exact) mass is 168 g/mol. The standard InChI is InChI=1S/C5H11Cl.C3H7F/c1-2-3-4-5-6;1-3(2)4/h2-5H2,1H3;3H,1-2H3. The fourth-order valence-corrected chi connectivity index (χ4v) is 0.533. The van der Waals surface area contributed by atoms with Crippen molar-refractivity contribution in [2.24, 2.45) is 0 Å². The van der Waals surface area contributed by atoms with Crippen molar-refractivity contribution in [3.63, 3.8) is 0 Å². The van der Waals surface area contributed by atoms with Crippen LogP contribution in [0.15, 0.2) is 0 Å². The lowest BCUT2D eigenvalue weighted by molar-refractivity contribution is 0.391. The van der Waals surface area contributed by atoms with Crippen molar-refractivity contribution < 1.29 is 4.39 Å². The summed E-state index contributed by atoms with van der Waals surface area (Å²) in [6, 6.07) is 0. The Kier molecular flexibility index (Phi) is 15.4. The van der Waals surface area contributed by atoms with Gasteiger partial charge in [-0.15, -0.1) is 11.6 Å². The molecule has 0 aromatic carbocycles. The average molecular weight is 169 g/mol. The van der Waals surface area contributed by atoms with Crippen LogP contribution in [0, 0.1) is 0 Å². The van der Waals surface area contributed by atoms with Crippen LogP contribution in [0.25, 0.3) is 0 Å². The first-order chi connectivity index (χ1) is 4.65. The Morgan fingerprint density at radius 3 is 1.80 bits per heavy atom. The molecule has 0 aliphatic rings. The van der Waals surface area contributed by atoms with Crippen molar-refractivity contribution in [3.8, 4) is 0 Å². The SMILES string of the molecule is CC(C)F.CCCCCCl. The van der Waals surface area contributed by atoms with Crippen LogP contribution in [0.4, 0.5) is 4.39 Å². The summed E-state index contributed by atoms with van der Waals surface area (Å²) in [6.07, 6.45) is 3.06. The molecule has 0 fully saturated rings. The van der Waals surface area contributed by atoms with Crippen molar-refractivity contribution in [2.45, 2.75) is 46.2 Å². The van der Waals surface area contributed by atoms with Crippen LogP contribution in [0.3, 0.4) is 0 Å². The van der Waals surface area contributed by atoms with Crippen LogP contribution in [0.1, 0.15) is 40.0 Å². The zero-order valence-corrected chi connectivity index (χ0v) is 7.92. The molecule has 0 bridgehead atoms. The van der Waals surface area contributed by atoms with Crippen LogP contribution < -0.4 is 0 Å². The topological polar surface area (TPSA) is 0 Å². The van der Waals surface area contributed by atoms with Crippen molar-refractivity contribution in [2.75, 3.05) is 5.88 Å². The molecule has 0 aliphatic heterocycles. The van der Waals surface area contributed by atoms with E-state index in [0.29, 0.717) is 0 Å². The Labute approximate surface area is 68.8 Å². The summed E-state index contributed by atoms with van der Waals surface area (Å²) in [5.41, 5.74) is 0. The highest BCUT2D eigenvalue weighted by molar-refractivity contribution is 6.17. The Bertz CT molecular complexity index is 39.8. The molecule has 0 aromatic rings. The molecule has 2 heteroatoms. The van der Waals surface area contributed by atoms with Gasteiger partial charge in [-0.3, -0.25) is 0 Å². The van der Waals surface area contributed by atoms with Gasteiger partial charge in [-0.05, 0) is 20.3 Å². The smallest absolute Gasteiger partial charge is 0.0945 e. The van der Waals surface area contributed by atoms with E-state index in [1.54, 1.807) is 0 Å². The molecule has 0 heterocycles. The Morgan fingerprint density at radius 2 is 1.70 bits per heavy atom. The highest BCUT2D eigenvalue weighted by Gasteiger charge is 1.76. The highest BCUT2D eigenvalue weighted by Crippen LogP contribution is 1.93. The van der Waals surface area contributed by atoms with Gasteiger partial charge in [-0.25, -0.2) is 4.39 Å². The van der Waals surface area contributed by atoms with Crippen molar-refractivity contribution in [1.82, 2.24) is 0 Å². The molecule has 0 radical (unpaired) electrons. The summed E-state index contributed by atoms with van der Waals surface area (Å²) in [4.78, 5) is 0. The molecule has 0 aliphatic carbocycles. The molecule has 0 nitrogen and oxygen atoms in total. The number of hydrogen-bond donors (Lipinski definition) is 0. The predicted octanol–water partition coefficient (Wildman–Crippen LogP) is 3.78. The zero-order chi connectivity index (χ0) is 8.41. The molecule has 10 heavy (non-hydrogen) atoms. The van der Waals surface area contributed by atoms with Crippen molar-refractivity contribution >= 4 is 11.6 Å². The van der Waals surface area contributed by atoms with E-state index in [4.69, 9.17) is 11.6 Å². The molecule has 0 atom stereocenters. The molecule has 0 saturated heterocycles. The van der Waals surface area contributed by atoms with E-state index < -0.39 is 6.17 Å². The largest absolute Gasteiger partial charge is 0.248 e. The average Bonchev–Trinajstić information content (AvgIpc) is 1.82. The van der Waals surface area contributed by atoms with Gasteiger partial charge < -0.3 is 0 Å². The molecule has 64 valence electrons. The van der Waals surface area contributed by atoms with Gasteiger partial charge in [0.25, 0.3) is 0 Å². The minimum absolute atomic E-state index is 0.667. The van der Waals surface area contributed by atoms with Crippen LogP contribution >= 0.6 is 11.6 Å². The summed E-state index contributed by atoms with van der Waals surface area (Å²) in [7, 11) is 0. The first kappa shape index (κ1) is 12.9. The van der Waals surface area contributed by atoms with E-state index in [0.717, 1.165) is 5.88 Å². The zero-order valence-electron chi connectivity index (χ0n) is 7.16.